The molecule has 34 heavy (non-hydrogen) atoms. The number of anilines is 2. The van der Waals surface area contributed by atoms with Crippen LogP contribution in [0.15, 0.2) is 72.8 Å². The fraction of sp³-hybridized carbons (Fsp3) is 0.154. The maximum Gasteiger partial charge on any atom is 0.339 e. The first-order valence-corrected chi connectivity index (χ1v) is 10.4. The summed E-state index contributed by atoms with van der Waals surface area (Å²) >= 11 is 0. The summed E-state index contributed by atoms with van der Waals surface area (Å²) in [6, 6.07) is 21.8. The normalized spacial score (nSPS) is 11.0. The van der Waals surface area contributed by atoms with Gasteiger partial charge in [-0.2, -0.15) is 5.26 Å². The lowest BCUT2D eigenvalue weighted by Crippen LogP contribution is -2.26. The number of nitrogens with zero attached hydrogens (tertiary/aromatic N) is 1. The van der Waals surface area contributed by atoms with E-state index in [0.717, 1.165) is 5.56 Å². The van der Waals surface area contributed by atoms with Gasteiger partial charge in [-0.25, -0.2) is 4.79 Å². The lowest BCUT2D eigenvalue weighted by Gasteiger charge is -2.19. The molecule has 0 aromatic heterocycles. The third-order valence-corrected chi connectivity index (χ3v) is 4.82. The molecule has 172 valence electrons. The van der Waals surface area contributed by atoms with Crippen LogP contribution in [0.25, 0.3) is 0 Å². The Kier molecular flexibility index (Phi) is 7.97. The second-order valence-corrected chi connectivity index (χ2v) is 7.35. The topological polar surface area (TPSA) is 118 Å². The van der Waals surface area contributed by atoms with Crippen LogP contribution in [0.3, 0.4) is 0 Å². The smallest absolute Gasteiger partial charge is 0.339 e. The standard InChI is InChI=1S/C26H23N3O5/c1-17-8-13-22(33-2)21(16-17)29-25(31)24(18-6-4-3-5-7-18)34-26(32)19-9-11-20(12-10-19)28-23(30)14-15-27/h3-13,16,24H,14H2,1-2H3,(H,28,30)(H,29,31). The molecule has 0 spiro atoms. The van der Waals surface area contributed by atoms with E-state index < -0.39 is 23.9 Å². The first kappa shape index (κ1) is 24.0. The van der Waals surface area contributed by atoms with Crippen molar-refractivity contribution in [3.63, 3.8) is 0 Å². The van der Waals surface area contributed by atoms with Gasteiger partial charge in [-0.05, 0) is 48.9 Å². The summed E-state index contributed by atoms with van der Waals surface area (Å²) in [6.45, 7) is 1.89. The fourth-order valence-electron chi connectivity index (χ4n) is 3.16. The molecule has 8 nitrogen and oxygen atoms in total. The molecule has 0 saturated heterocycles. The molecule has 0 aliphatic heterocycles. The highest BCUT2D eigenvalue weighted by Gasteiger charge is 2.26. The predicted molar refractivity (Wildman–Crippen MR) is 126 cm³/mol. The van der Waals surface area contributed by atoms with Crippen molar-refractivity contribution in [1.29, 1.82) is 5.26 Å². The van der Waals surface area contributed by atoms with Gasteiger partial charge in [0.15, 0.2) is 0 Å². The number of methoxy groups -OCH3 is 1. The van der Waals surface area contributed by atoms with Gasteiger partial charge in [0.2, 0.25) is 12.0 Å². The third kappa shape index (κ3) is 6.20. The van der Waals surface area contributed by atoms with E-state index in [1.807, 2.05) is 13.0 Å². The minimum Gasteiger partial charge on any atom is -0.495 e. The number of nitrogens with one attached hydrogen (secondary N) is 2. The van der Waals surface area contributed by atoms with Gasteiger partial charge in [0.1, 0.15) is 12.2 Å². The summed E-state index contributed by atoms with van der Waals surface area (Å²) in [4.78, 5) is 37.6. The van der Waals surface area contributed by atoms with Crippen LogP contribution in [0.5, 0.6) is 5.75 Å². The molecule has 0 aliphatic carbocycles. The van der Waals surface area contributed by atoms with E-state index >= 15 is 0 Å². The number of hydrogen-bond donors (Lipinski definition) is 2. The van der Waals surface area contributed by atoms with Crippen LogP contribution in [-0.2, 0) is 14.3 Å². The van der Waals surface area contributed by atoms with Crippen LogP contribution in [0.1, 0.15) is 34.0 Å². The maximum atomic E-state index is 13.2. The number of rotatable bonds is 8. The number of amides is 2. The first-order chi connectivity index (χ1) is 16.4. The van der Waals surface area contributed by atoms with Crippen LogP contribution in [0.4, 0.5) is 11.4 Å². The fourth-order valence-corrected chi connectivity index (χ4v) is 3.16. The number of benzene rings is 3. The number of ether oxygens (including phenoxy) is 2. The highest BCUT2D eigenvalue weighted by molar-refractivity contribution is 5.99. The first-order valence-electron chi connectivity index (χ1n) is 10.4. The van der Waals surface area contributed by atoms with Crippen molar-refractivity contribution >= 4 is 29.2 Å². The van der Waals surface area contributed by atoms with E-state index in [-0.39, 0.29) is 12.0 Å². The van der Waals surface area contributed by atoms with Crippen molar-refractivity contribution < 1.29 is 23.9 Å². The lowest BCUT2D eigenvalue weighted by atomic mass is 10.1. The van der Waals surface area contributed by atoms with E-state index in [0.29, 0.717) is 22.7 Å². The summed E-state index contributed by atoms with van der Waals surface area (Å²) in [7, 11) is 1.50. The summed E-state index contributed by atoms with van der Waals surface area (Å²) < 4.78 is 10.9. The zero-order chi connectivity index (χ0) is 24.5. The SMILES string of the molecule is COc1ccc(C)cc1NC(=O)C(OC(=O)c1ccc(NC(=O)CC#N)cc1)c1ccccc1. The Morgan fingerprint density at radius 2 is 1.68 bits per heavy atom. The van der Waals surface area contributed by atoms with Crippen LogP contribution in [0.2, 0.25) is 0 Å². The zero-order valence-electron chi connectivity index (χ0n) is 18.7. The molecule has 2 amide bonds. The Morgan fingerprint density at radius 1 is 0.971 bits per heavy atom. The lowest BCUT2D eigenvalue weighted by molar-refractivity contribution is -0.125. The highest BCUT2D eigenvalue weighted by Crippen LogP contribution is 2.28. The number of hydrogen-bond acceptors (Lipinski definition) is 6. The maximum absolute atomic E-state index is 13.2. The van der Waals surface area contributed by atoms with Crippen LogP contribution in [0, 0.1) is 18.3 Å². The molecule has 3 aromatic carbocycles. The molecule has 0 saturated carbocycles. The predicted octanol–water partition coefficient (Wildman–Crippen LogP) is 4.39. The molecule has 0 bridgehead atoms. The molecular weight excluding hydrogens is 434 g/mol. The third-order valence-electron chi connectivity index (χ3n) is 4.82. The minimum atomic E-state index is -1.21. The van der Waals surface area contributed by atoms with Crippen molar-refractivity contribution in [2.75, 3.05) is 17.7 Å². The molecule has 3 rings (SSSR count). The molecular formula is C26H23N3O5. The Bertz CT molecular complexity index is 1220. The van der Waals surface area contributed by atoms with Gasteiger partial charge in [-0.15, -0.1) is 0 Å². The number of esters is 1. The highest BCUT2D eigenvalue weighted by atomic mass is 16.5. The average molecular weight is 457 g/mol. The van der Waals surface area contributed by atoms with Gasteiger partial charge in [0, 0.05) is 11.3 Å². The molecule has 1 unspecified atom stereocenters. The van der Waals surface area contributed by atoms with E-state index in [1.54, 1.807) is 48.5 Å². The summed E-state index contributed by atoms with van der Waals surface area (Å²) in [5.41, 5.74) is 2.51. The van der Waals surface area contributed by atoms with Crippen molar-refractivity contribution in [3.05, 3.63) is 89.5 Å². The van der Waals surface area contributed by atoms with Crippen LogP contribution in [-0.4, -0.2) is 24.9 Å². The minimum absolute atomic E-state index is 0.195. The summed E-state index contributed by atoms with van der Waals surface area (Å²) in [5, 5.41) is 13.9. The molecule has 3 aromatic rings. The molecule has 1 atom stereocenters. The Labute approximate surface area is 197 Å². The van der Waals surface area contributed by atoms with Gasteiger partial charge >= 0.3 is 5.97 Å². The van der Waals surface area contributed by atoms with Gasteiger partial charge < -0.3 is 20.1 Å². The van der Waals surface area contributed by atoms with Gasteiger partial charge in [-0.1, -0.05) is 36.4 Å². The van der Waals surface area contributed by atoms with E-state index in [4.69, 9.17) is 14.7 Å². The Morgan fingerprint density at radius 3 is 2.32 bits per heavy atom. The van der Waals surface area contributed by atoms with E-state index in [1.165, 1.54) is 31.4 Å². The molecule has 8 heteroatoms. The van der Waals surface area contributed by atoms with Gasteiger partial charge in [0.05, 0.1) is 24.4 Å². The Balaban J connectivity index is 1.80. The van der Waals surface area contributed by atoms with Crippen LogP contribution >= 0.6 is 0 Å². The average Bonchev–Trinajstić information content (AvgIpc) is 2.83. The van der Waals surface area contributed by atoms with Crippen molar-refractivity contribution in [1.82, 2.24) is 0 Å². The molecule has 0 radical (unpaired) electrons. The number of carbonyl (C=O) groups excluding carboxylic acids is 3. The zero-order valence-corrected chi connectivity index (χ0v) is 18.7. The number of carbonyl (C=O) groups is 3. The number of aryl methyl sites for hydroxylation is 1. The number of nitriles is 1. The van der Waals surface area contributed by atoms with Crippen molar-refractivity contribution in [3.8, 4) is 11.8 Å². The van der Waals surface area contributed by atoms with Crippen LogP contribution < -0.4 is 15.4 Å². The second kappa shape index (κ2) is 11.3. The van der Waals surface area contributed by atoms with Crippen molar-refractivity contribution in [2.24, 2.45) is 0 Å². The largest absolute Gasteiger partial charge is 0.495 e. The van der Waals surface area contributed by atoms with Gasteiger partial charge in [-0.3, -0.25) is 9.59 Å². The molecule has 0 fully saturated rings. The van der Waals surface area contributed by atoms with Gasteiger partial charge in [0.25, 0.3) is 5.91 Å². The monoisotopic (exact) mass is 457 g/mol. The summed E-state index contributed by atoms with van der Waals surface area (Å²) in [5.74, 6) is -1.23. The van der Waals surface area contributed by atoms with E-state index in [9.17, 15) is 14.4 Å². The molecule has 2 N–H and O–H groups in total. The quantitative estimate of drug-likeness (QED) is 0.485. The van der Waals surface area contributed by atoms with Crippen molar-refractivity contribution in [2.45, 2.75) is 19.4 Å². The van der Waals surface area contributed by atoms with E-state index in [2.05, 4.69) is 10.6 Å². The summed E-state index contributed by atoms with van der Waals surface area (Å²) in [6.07, 6.45) is -1.49. The molecule has 0 heterocycles. The second-order valence-electron chi connectivity index (χ2n) is 7.35. The molecule has 0 aliphatic rings. The Hall–Kier alpha value is -4.64.